The predicted molar refractivity (Wildman–Crippen MR) is 78.1 cm³/mol. The Morgan fingerprint density at radius 2 is 1.78 bits per heavy atom. The van der Waals surface area contributed by atoms with Gasteiger partial charge in [0.2, 0.25) is 0 Å². The lowest BCUT2D eigenvalue weighted by atomic mass is 9.98. The molecule has 0 aliphatic rings. The van der Waals surface area contributed by atoms with Crippen molar-refractivity contribution in [3.05, 3.63) is 23.3 Å². The Morgan fingerprint density at radius 1 is 1.17 bits per heavy atom. The van der Waals surface area contributed by atoms with Gasteiger partial charge in [0, 0.05) is 6.04 Å². The summed E-state index contributed by atoms with van der Waals surface area (Å²) in [6, 6.07) is 4.27. The van der Waals surface area contributed by atoms with Gasteiger partial charge in [0.15, 0.2) is 11.5 Å². The number of ether oxygens (including phenoxy) is 2. The van der Waals surface area contributed by atoms with E-state index in [1.807, 2.05) is 13.8 Å². The lowest BCUT2D eigenvalue weighted by molar-refractivity contribution is 0.310. The van der Waals surface area contributed by atoms with Gasteiger partial charge in [0.1, 0.15) is 0 Å². The van der Waals surface area contributed by atoms with Gasteiger partial charge in [-0.25, -0.2) is 0 Å². The zero-order valence-corrected chi connectivity index (χ0v) is 12.5. The second-order valence-corrected chi connectivity index (χ2v) is 4.24. The molecule has 1 unspecified atom stereocenters. The molecule has 0 bridgehead atoms. The molecule has 0 saturated carbocycles. The first-order valence-electron chi connectivity index (χ1n) is 6.20. The van der Waals surface area contributed by atoms with E-state index >= 15 is 0 Å². The van der Waals surface area contributed by atoms with Crippen LogP contribution in [-0.2, 0) is 12.8 Å². The first-order chi connectivity index (χ1) is 8.12. The first-order valence-corrected chi connectivity index (χ1v) is 6.20. The van der Waals surface area contributed by atoms with Gasteiger partial charge in [-0.05, 0) is 49.9 Å². The van der Waals surface area contributed by atoms with Gasteiger partial charge < -0.3 is 15.2 Å². The van der Waals surface area contributed by atoms with E-state index in [0.717, 1.165) is 24.3 Å². The van der Waals surface area contributed by atoms with Crippen molar-refractivity contribution in [3.8, 4) is 11.5 Å². The maximum absolute atomic E-state index is 5.87. The molecular formula is C14H24ClNO2. The number of halogens is 1. The number of nitrogens with two attached hydrogens (primary N) is 1. The van der Waals surface area contributed by atoms with Crippen molar-refractivity contribution in [1.82, 2.24) is 0 Å². The smallest absolute Gasteiger partial charge is 0.161 e. The molecule has 3 nitrogen and oxygen atoms in total. The second-order valence-electron chi connectivity index (χ2n) is 4.24. The summed E-state index contributed by atoms with van der Waals surface area (Å²) in [5.41, 5.74) is 8.41. The van der Waals surface area contributed by atoms with Crippen LogP contribution in [0.5, 0.6) is 11.5 Å². The van der Waals surface area contributed by atoms with Gasteiger partial charge in [-0.3, -0.25) is 0 Å². The van der Waals surface area contributed by atoms with Crippen LogP contribution in [0.25, 0.3) is 0 Å². The van der Waals surface area contributed by atoms with Crippen LogP contribution in [0, 0.1) is 0 Å². The molecule has 0 amide bonds. The third-order valence-electron chi connectivity index (χ3n) is 2.71. The summed E-state index contributed by atoms with van der Waals surface area (Å²) in [6.45, 7) is 6.77. The number of rotatable bonds is 6. The summed E-state index contributed by atoms with van der Waals surface area (Å²) < 4.78 is 10.9. The molecule has 0 radical (unpaired) electrons. The molecule has 1 rings (SSSR count). The zero-order chi connectivity index (χ0) is 12.8. The van der Waals surface area contributed by atoms with E-state index in [1.165, 1.54) is 11.1 Å². The molecule has 18 heavy (non-hydrogen) atoms. The fourth-order valence-corrected chi connectivity index (χ4v) is 1.94. The Morgan fingerprint density at radius 3 is 2.22 bits per heavy atom. The fourth-order valence-electron chi connectivity index (χ4n) is 1.94. The maximum atomic E-state index is 5.87. The van der Waals surface area contributed by atoms with Crippen molar-refractivity contribution in [2.75, 3.05) is 13.7 Å². The van der Waals surface area contributed by atoms with Crippen molar-refractivity contribution in [1.29, 1.82) is 0 Å². The minimum Gasteiger partial charge on any atom is -0.493 e. The zero-order valence-electron chi connectivity index (χ0n) is 11.7. The van der Waals surface area contributed by atoms with Gasteiger partial charge in [-0.1, -0.05) is 6.92 Å². The number of hydrogen-bond acceptors (Lipinski definition) is 3. The van der Waals surface area contributed by atoms with Gasteiger partial charge in [-0.2, -0.15) is 0 Å². The minimum absolute atomic E-state index is 0. The van der Waals surface area contributed by atoms with Crippen molar-refractivity contribution in [3.63, 3.8) is 0 Å². The Kier molecular flexibility index (Phi) is 7.80. The number of benzene rings is 1. The Bertz CT molecular complexity index is 367. The van der Waals surface area contributed by atoms with Gasteiger partial charge in [0.05, 0.1) is 13.7 Å². The molecule has 0 aromatic heterocycles. The Hall–Kier alpha value is -0.930. The van der Waals surface area contributed by atoms with Crippen molar-refractivity contribution in [2.45, 2.75) is 39.7 Å². The third kappa shape index (κ3) is 4.39. The van der Waals surface area contributed by atoms with Gasteiger partial charge in [0.25, 0.3) is 0 Å². The topological polar surface area (TPSA) is 44.5 Å². The molecule has 0 fully saturated rings. The largest absolute Gasteiger partial charge is 0.493 e. The molecule has 0 heterocycles. The second kappa shape index (κ2) is 8.22. The lowest BCUT2D eigenvalue weighted by Crippen LogP contribution is -2.18. The lowest BCUT2D eigenvalue weighted by Gasteiger charge is -2.16. The summed E-state index contributed by atoms with van der Waals surface area (Å²) in [4.78, 5) is 0. The van der Waals surface area contributed by atoms with Crippen LogP contribution < -0.4 is 15.2 Å². The van der Waals surface area contributed by atoms with E-state index in [1.54, 1.807) is 7.11 Å². The van der Waals surface area contributed by atoms with Crippen LogP contribution >= 0.6 is 12.4 Å². The van der Waals surface area contributed by atoms with Crippen LogP contribution in [0.2, 0.25) is 0 Å². The van der Waals surface area contributed by atoms with Gasteiger partial charge in [-0.15, -0.1) is 12.4 Å². The van der Waals surface area contributed by atoms with Crippen LogP contribution in [0.3, 0.4) is 0 Å². The molecule has 1 aromatic rings. The molecule has 104 valence electrons. The highest BCUT2D eigenvalue weighted by molar-refractivity contribution is 5.85. The van der Waals surface area contributed by atoms with Crippen LogP contribution in [0.15, 0.2) is 12.1 Å². The van der Waals surface area contributed by atoms with E-state index in [2.05, 4.69) is 19.1 Å². The quantitative estimate of drug-likeness (QED) is 0.867. The molecule has 0 saturated heterocycles. The third-order valence-corrected chi connectivity index (χ3v) is 2.71. The highest BCUT2D eigenvalue weighted by atomic mass is 35.5. The van der Waals surface area contributed by atoms with E-state index in [-0.39, 0.29) is 18.4 Å². The Labute approximate surface area is 116 Å². The molecule has 1 aromatic carbocycles. The first kappa shape index (κ1) is 17.1. The average Bonchev–Trinajstić information content (AvgIpc) is 2.29. The van der Waals surface area contributed by atoms with Crippen molar-refractivity contribution < 1.29 is 9.47 Å². The predicted octanol–water partition coefficient (Wildman–Crippen LogP) is 2.97. The molecule has 0 aliphatic carbocycles. The highest BCUT2D eigenvalue weighted by Gasteiger charge is 2.11. The summed E-state index contributed by atoms with van der Waals surface area (Å²) in [6.07, 6.45) is 1.85. The average molecular weight is 274 g/mol. The number of hydrogen-bond donors (Lipinski definition) is 1. The molecule has 1 atom stereocenters. The standard InChI is InChI=1S/C14H23NO2.ClH/c1-5-11-8-13(16-4)14(17-6-2)9-12(11)7-10(3)15;/h8-10H,5-7,15H2,1-4H3;1H. The molecule has 0 spiro atoms. The molecule has 0 aliphatic heterocycles. The summed E-state index contributed by atoms with van der Waals surface area (Å²) in [5.74, 6) is 1.61. The minimum atomic E-state index is 0. The summed E-state index contributed by atoms with van der Waals surface area (Å²) in [5, 5.41) is 0. The van der Waals surface area contributed by atoms with Crippen LogP contribution in [0.1, 0.15) is 31.9 Å². The highest BCUT2D eigenvalue weighted by Crippen LogP contribution is 2.31. The monoisotopic (exact) mass is 273 g/mol. The normalized spacial score (nSPS) is 11.6. The van der Waals surface area contributed by atoms with E-state index < -0.39 is 0 Å². The maximum Gasteiger partial charge on any atom is 0.161 e. The van der Waals surface area contributed by atoms with E-state index in [0.29, 0.717) is 6.61 Å². The van der Waals surface area contributed by atoms with E-state index in [4.69, 9.17) is 15.2 Å². The summed E-state index contributed by atoms with van der Waals surface area (Å²) >= 11 is 0. The fraction of sp³-hybridized carbons (Fsp3) is 0.571. The van der Waals surface area contributed by atoms with Gasteiger partial charge >= 0.3 is 0 Å². The number of methoxy groups -OCH3 is 1. The molecular weight excluding hydrogens is 250 g/mol. The van der Waals surface area contributed by atoms with Crippen molar-refractivity contribution >= 4 is 12.4 Å². The molecule has 2 N–H and O–H groups in total. The van der Waals surface area contributed by atoms with E-state index in [9.17, 15) is 0 Å². The number of aryl methyl sites for hydroxylation is 1. The van der Waals surface area contributed by atoms with Crippen LogP contribution in [0.4, 0.5) is 0 Å². The molecule has 4 heteroatoms. The van der Waals surface area contributed by atoms with Crippen LogP contribution in [-0.4, -0.2) is 19.8 Å². The SMILES string of the molecule is CCOc1cc(CC(C)N)c(CC)cc1OC.Cl. The van der Waals surface area contributed by atoms with Crippen molar-refractivity contribution in [2.24, 2.45) is 5.73 Å². The Balaban J connectivity index is 0.00000289. The summed E-state index contributed by atoms with van der Waals surface area (Å²) in [7, 11) is 1.67.